The predicted octanol–water partition coefficient (Wildman–Crippen LogP) is 5.30. The zero-order chi connectivity index (χ0) is 22.9. The lowest BCUT2D eigenvalue weighted by molar-refractivity contribution is 0.0985. The summed E-state index contributed by atoms with van der Waals surface area (Å²) in [5, 5.41) is 0.641. The summed E-state index contributed by atoms with van der Waals surface area (Å²) in [6, 6.07) is 20.7. The van der Waals surface area contributed by atoms with E-state index >= 15 is 0 Å². The molecule has 5 nitrogen and oxygen atoms in total. The minimum Gasteiger partial charge on any atom is -0.279 e. The van der Waals surface area contributed by atoms with Crippen molar-refractivity contribution in [2.75, 3.05) is 11.2 Å². The Kier molecular flexibility index (Phi) is 6.13. The fourth-order valence-electron chi connectivity index (χ4n) is 3.52. The summed E-state index contributed by atoms with van der Waals surface area (Å²) in [6.45, 7) is 4.49. The van der Waals surface area contributed by atoms with Gasteiger partial charge in [-0.25, -0.2) is 13.4 Å². The molecule has 0 radical (unpaired) electrons. The number of nitrogens with zero attached hydrogens (tertiary/aromatic N) is 2. The summed E-state index contributed by atoms with van der Waals surface area (Å²) >= 11 is 1.50. The Morgan fingerprint density at radius 2 is 1.62 bits per heavy atom. The molecular weight excluding hydrogens is 440 g/mol. The van der Waals surface area contributed by atoms with Gasteiger partial charge >= 0.3 is 0 Å². The van der Waals surface area contributed by atoms with E-state index in [-0.39, 0.29) is 11.7 Å². The number of sulfone groups is 1. The van der Waals surface area contributed by atoms with Crippen LogP contribution in [0.2, 0.25) is 0 Å². The third-order valence-corrected chi connectivity index (χ3v) is 7.26. The molecule has 1 heterocycles. The van der Waals surface area contributed by atoms with Crippen LogP contribution in [-0.4, -0.2) is 25.6 Å². The van der Waals surface area contributed by atoms with Crippen LogP contribution in [0.4, 0.5) is 5.13 Å². The Labute approximate surface area is 192 Å². The summed E-state index contributed by atoms with van der Waals surface area (Å²) in [6.07, 6.45) is 1.20. The maximum Gasteiger partial charge on any atom is 0.260 e. The number of thiazole rings is 1. The maximum atomic E-state index is 13.5. The zero-order valence-electron chi connectivity index (χ0n) is 18.2. The molecule has 0 aliphatic heterocycles. The lowest BCUT2D eigenvalue weighted by Crippen LogP contribution is -2.30. The molecule has 164 valence electrons. The van der Waals surface area contributed by atoms with Gasteiger partial charge in [-0.2, -0.15) is 0 Å². The van der Waals surface area contributed by atoms with Gasteiger partial charge in [0.25, 0.3) is 5.91 Å². The van der Waals surface area contributed by atoms with E-state index in [2.05, 4.69) is 13.0 Å². The molecule has 0 bridgehead atoms. The van der Waals surface area contributed by atoms with Crippen LogP contribution in [0.1, 0.15) is 32.6 Å². The van der Waals surface area contributed by atoms with Gasteiger partial charge in [-0.05, 0) is 54.3 Å². The summed E-state index contributed by atoms with van der Waals surface area (Å²) < 4.78 is 24.2. The first-order chi connectivity index (χ1) is 15.2. The molecule has 0 aliphatic carbocycles. The van der Waals surface area contributed by atoms with Crippen LogP contribution in [-0.2, 0) is 22.1 Å². The second-order valence-electron chi connectivity index (χ2n) is 7.99. The van der Waals surface area contributed by atoms with Gasteiger partial charge in [-0.3, -0.25) is 9.69 Å². The fraction of sp³-hybridized carbons (Fsp3) is 0.200. The summed E-state index contributed by atoms with van der Waals surface area (Å²) in [5.41, 5.74) is 5.34. The largest absolute Gasteiger partial charge is 0.279 e. The first-order valence-corrected chi connectivity index (χ1v) is 13.1. The Morgan fingerprint density at radius 1 is 0.938 bits per heavy atom. The molecule has 0 saturated carbocycles. The number of hydrogen-bond donors (Lipinski definition) is 0. The number of aryl methyl sites for hydroxylation is 2. The Morgan fingerprint density at radius 3 is 2.28 bits per heavy atom. The number of amides is 1. The summed E-state index contributed by atoms with van der Waals surface area (Å²) in [7, 11) is -3.14. The third-order valence-electron chi connectivity index (χ3n) is 5.36. The van der Waals surface area contributed by atoms with Gasteiger partial charge in [0.15, 0.2) is 15.0 Å². The molecule has 0 unspecified atom stereocenters. The van der Waals surface area contributed by atoms with Crippen molar-refractivity contribution in [3.8, 4) is 0 Å². The Bertz CT molecular complexity index is 1380. The van der Waals surface area contributed by atoms with Crippen LogP contribution in [0.5, 0.6) is 0 Å². The maximum absolute atomic E-state index is 13.5. The van der Waals surface area contributed by atoms with Crippen molar-refractivity contribution in [3.05, 3.63) is 94.5 Å². The number of carbonyl (C=O) groups is 1. The molecule has 0 saturated heterocycles. The van der Waals surface area contributed by atoms with Crippen molar-refractivity contribution >= 4 is 42.4 Å². The molecule has 0 aliphatic rings. The molecule has 0 N–H and O–H groups in total. The number of carbonyl (C=O) groups excluding carboxylic acids is 1. The quantitative estimate of drug-likeness (QED) is 0.388. The summed E-state index contributed by atoms with van der Waals surface area (Å²) in [4.78, 5) is 20.1. The van der Waals surface area contributed by atoms with Crippen molar-refractivity contribution in [2.24, 2.45) is 0 Å². The monoisotopic (exact) mass is 464 g/mol. The number of fused-ring (bicyclic) bond motifs is 1. The van der Waals surface area contributed by atoms with Crippen molar-refractivity contribution in [1.82, 2.24) is 4.98 Å². The topological polar surface area (TPSA) is 67.3 Å². The normalized spacial score (nSPS) is 11.6. The highest BCUT2D eigenvalue weighted by molar-refractivity contribution is 7.89. The molecule has 4 aromatic rings. The number of aromatic nitrogens is 1. The third kappa shape index (κ3) is 4.89. The highest BCUT2D eigenvalue weighted by Gasteiger charge is 2.22. The smallest absolute Gasteiger partial charge is 0.260 e. The van der Waals surface area contributed by atoms with E-state index in [1.165, 1.54) is 17.6 Å². The van der Waals surface area contributed by atoms with Crippen LogP contribution in [0.25, 0.3) is 10.2 Å². The van der Waals surface area contributed by atoms with Gasteiger partial charge in [-0.15, -0.1) is 0 Å². The highest BCUT2D eigenvalue weighted by atomic mass is 32.2. The molecular formula is C25H24N2O3S2. The van der Waals surface area contributed by atoms with Crippen molar-refractivity contribution in [3.63, 3.8) is 0 Å². The first-order valence-electron chi connectivity index (χ1n) is 10.2. The van der Waals surface area contributed by atoms with Crippen molar-refractivity contribution in [2.45, 2.75) is 26.1 Å². The minimum absolute atomic E-state index is 0.0499. The van der Waals surface area contributed by atoms with Gasteiger partial charge in [0.1, 0.15) is 0 Å². The van der Waals surface area contributed by atoms with Crippen LogP contribution in [0.3, 0.4) is 0 Å². The molecule has 3 aromatic carbocycles. The van der Waals surface area contributed by atoms with Gasteiger partial charge in [-0.1, -0.05) is 59.9 Å². The van der Waals surface area contributed by atoms with Gasteiger partial charge < -0.3 is 0 Å². The fourth-order valence-corrected chi connectivity index (χ4v) is 5.34. The number of rotatable bonds is 6. The second kappa shape index (κ2) is 8.84. The van der Waals surface area contributed by atoms with E-state index in [0.29, 0.717) is 22.8 Å². The minimum atomic E-state index is -3.14. The van der Waals surface area contributed by atoms with Gasteiger partial charge in [0.05, 0.1) is 22.5 Å². The SMILES string of the molecule is Cc1ccc2sc(N(Cc3ccccc3)C(=O)c3ccc(CS(C)(=O)=O)cc3)nc2c1C. The zero-order valence-corrected chi connectivity index (χ0v) is 19.8. The van der Waals surface area contributed by atoms with E-state index in [4.69, 9.17) is 4.98 Å². The number of hydrogen-bond acceptors (Lipinski definition) is 5. The standard InChI is InChI=1S/C25H24N2O3S2/c1-17-9-14-22-23(18(17)2)26-25(31-22)27(15-19-7-5-4-6-8-19)24(28)21-12-10-20(11-13-21)16-32(3,29)30/h4-14H,15-16H2,1-3H3. The lowest BCUT2D eigenvalue weighted by Gasteiger charge is -2.20. The van der Waals surface area contributed by atoms with Crippen molar-refractivity contribution < 1.29 is 13.2 Å². The molecule has 1 amide bonds. The molecule has 7 heteroatoms. The molecule has 32 heavy (non-hydrogen) atoms. The van der Waals surface area contributed by atoms with E-state index in [0.717, 1.165) is 26.9 Å². The molecule has 4 rings (SSSR count). The van der Waals surface area contributed by atoms with E-state index in [1.54, 1.807) is 29.2 Å². The average Bonchev–Trinajstić information content (AvgIpc) is 3.19. The van der Waals surface area contributed by atoms with E-state index in [9.17, 15) is 13.2 Å². The molecule has 0 fully saturated rings. The summed E-state index contributed by atoms with van der Waals surface area (Å²) in [5.74, 6) is -0.223. The van der Waals surface area contributed by atoms with Gasteiger partial charge in [0.2, 0.25) is 0 Å². The van der Waals surface area contributed by atoms with E-state index in [1.807, 2.05) is 43.3 Å². The molecule has 0 spiro atoms. The van der Waals surface area contributed by atoms with Crippen LogP contribution < -0.4 is 4.90 Å². The number of anilines is 1. The second-order valence-corrected chi connectivity index (χ2v) is 11.1. The van der Waals surface area contributed by atoms with E-state index < -0.39 is 9.84 Å². The molecule has 0 atom stereocenters. The highest BCUT2D eigenvalue weighted by Crippen LogP contribution is 2.33. The lowest BCUT2D eigenvalue weighted by atomic mass is 10.1. The van der Waals surface area contributed by atoms with Crippen LogP contribution in [0.15, 0.2) is 66.7 Å². The molecule has 1 aromatic heterocycles. The van der Waals surface area contributed by atoms with Crippen LogP contribution >= 0.6 is 11.3 Å². The van der Waals surface area contributed by atoms with Crippen LogP contribution in [0, 0.1) is 13.8 Å². The average molecular weight is 465 g/mol. The number of benzene rings is 3. The Hall–Kier alpha value is -3.03. The Balaban J connectivity index is 1.73. The van der Waals surface area contributed by atoms with Crippen molar-refractivity contribution in [1.29, 1.82) is 0 Å². The predicted molar refractivity (Wildman–Crippen MR) is 131 cm³/mol. The first kappa shape index (κ1) is 22.2. The van der Waals surface area contributed by atoms with Gasteiger partial charge in [0, 0.05) is 11.8 Å².